The molecule has 5 rings (SSSR count). The highest BCUT2D eigenvalue weighted by molar-refractivity contribution is 6.32. The average Bonchev–Trinajstić information content (AvgIpc) is 3.44. The first kappa shape index (κ1) is 34.0. The number of pyridine rings is 1. The molecular weight excluding hydrogens is 658 g/mol. The SMILES string of the molecule is Cc1c(Cl)cc(C(C)n2nc(-c3ccc(F)cc3)c3c(N)ncnc32)c(OCCOC(=O)C(F)(F)F)c1-c1ccc(C(=O)N(C)C)nc1. The van der Waals surface area contributed by atoms with Gasteiger partial charge in [0.1, 0.15) is 48.3 Å². The van der Waals surface area contributed by atoms with Crippen LogP contribution in [-0.4, -0.2) is 75.0 Å². The van der Waals surface area contributed by atoms with Crippen LogP contribution in [0.3, 0.4) is 0 Å². The number of nitrogens with two attached hydrogens (primary N) is 1. The summed E-state index contributed by atoms with van der Waals surface area (Å²) in [5.41, 5.74) is 9.53. The molecule has 5 aromatic rings. The van der Waals surface area contributed by atoms with E-state index in [-0.39, 0.29) is 23.2 Å². The molecule has 0 aliphatic carbocycles. The minimum atomic E-state index is -5.17. The number of amides is 1. The topological polar surface area (TPSA) is 138 Å². The van der Waals surface area contributed by atoms with Gasteiger partial charge in [0.05, 0.1) is 11.4 Å². The van der Waals surface area contributed by atoms with Crippen molar-refractivity contribution in [1.82, 2.24) is 29.6 Å². The molecule has 250 valence electrons. The lowest BCUT2D eigenvalue weighted by molar-refractivity contribution is -0.200. The van der Waals surface area contributed by atoms with Crippen molar-refractivity contribution in [2.45, 2.75) is 26.1 Å². The lowest BCUT2D eigenvalue weighted by Gasteiger charge is -2.23. The van der Waals surface area contributed by atoms with Crippen molar-refractivity contribution in [2.75, 3.05) is 33.0 Å². The number of halogens is 5. The fourth-order valence-electron chi connectivity index (χ4n) is 5.02. The molecule has 2 N–H and O–H groups in total. The third-order valence-corrected chi connectivity index (χ3v) is 7.82. The highest BCUT2D eigenvalue weighted by Crippen LogP contribution is 2.44. The predicted molar refractivity (Wildman–Crippen MR) is 169 cm³/mol. The normalized spacial score (nSPS) is 12.2. The first-order valence-electron chi connectivity index (χ1n) is 14.3. The van der Waals surface area contributed by atoms with Gasteiger partial charge in [-0.3, -0.25) is 9.78 Å². The van der Waals surface area contributed by atoms with E-state index in [0.717, 1.165) is 0 Å². The van der Waals surface area contributed by atoms with Gasteiger partial charge < -0.3 is 20.1 Å². The van der Waals surface area contributed by atoms with Crippen LogP contribution in [0.2, 0.25) is 5.02 Å². The number of anilines is 1. The number of rotatable bonds is 9. The highest BCUT2D eigenvalue weighted by atomic mass is 35.5. The molecule has 16 heteroatoms. The molecule has 0 saturated carbocycles. The van der Waals surface area contributed by atoms with Gasteiger partial charge in [-0.2, -0.15) is 18.3 Å². The van der Waals surface area contributed by atoms with E-state index in [1.807, 2.05) is 0 Å². The second-order valence-corrected chi connectivity index (χ2v) is 11.2. The van der Waals surface area contributed by atoms with Gasteiger partial charge in [0.15, 0.2) is 5.65 Å². The van der Waals surface area contributed by atoms with Crippen molar-refractivity contribution in [1.29, 1.82) is 0 Å². The Morgan fingerprint density at radius 2 is 1.73 bits per heavy atom. The monoisotopic (exact) mass is 685 g/mol. The maximum Gasteiger partial charge on any atom is 0.490 e. The third kappa shape index (κ3) is 6.72. The molecule has 48 heavy (non-hydrogen) atoms. The summed E-state index contributed by atoms with van der Waals surface area (Å²) in [6.07, 6.45) is -2.46. The molecule has 0 spiro atoms. The number of ether oxygens (including phenoxy) is 2. The molecule has 3 aromatic heterocycles. The fraction of sp³-hybridized carbons (Fsp3) is 0.250. The summed E-state index contributed by atoms with van der Waals surface area (Å²) in [7, 11) is 3.17. The Morgan fingerprint density at radius 3 is 2.35 bits per heavy atom. The molecule has 1 atom stereocenters. The number of fused-ring (bicyclic) bond motifs is 1. The Morgan fingerprint density at radius 1 is 1.04 bits per heavy atom. The van der Waals surface area contributed by atoms with Crippen LogP contribution in [0.1, 0.15) is 34.6 Å². The number of benzene rings is 2. The molecule has 0 aliphatic heterocycles. The van der Waals surface area contributed by atoms with E-state index < -0.39 is 37.2 Å². The molecule has 11 nitrogen and oxygen atoms in total. The molecular formula is C32H28ClF4N7O4. The van der Waals surface area contributed by atoms with E-state index in [2.05, 4.69) is 19.7 Å². The Hall–Kier alpha value is -5.31. The van der Waals surface area contributed by atoms with Crippen molar-refractivity contribution < 1.29 is 36.6 Å². The largest absolute Gasteiger partial charge is 0.490 e. The quantitative estimate of drug-likeness (QED) is 0.112. The molecule has 0 aliphatic rings. The van der Waals surface area contributed by atoms with Crippen LogP contribution in [0.25, 0.3) is 33.4 Å². The van der Waals surface area contributed by atoms with E-state index in [1.54, 1.807) is 44.8 Å². The molecule has 2 aromatic carbocycles. The number of hydrogen-bond donors (Lipinski definition) is 1. The van der Waals surface area contributed by atoms with E-state index >= 15 is 0 Å². The van der Waals surface area contributed by atoms with Gasteiger partial charge in [0.2, 0.25) is 0 Å². The number of nitrogens with zero attached hydrogens (tertiary/aromatic N) is 6. The van der Waals surface area contributed by atoms with Crippen molar-refractivity contribution >= 4 is 40.3 Å². The van der Waals surface area contributed by atoms with Crippen LogP contribution in [-0.2, 0) is 9.53 Å². The Labute approximate surface area is 276 Å². The maximum absolute atomic E-state index is 13.8. The minimum absolute atomic E-state index is 0.127. The summed E-state index contributed by atoms with van der Waals surface area (Å²) in [6, 6.07) is 9.68. The highest BCUT2D eigenvalue weighted by Gasteiger charge is 2.41. The zero-order valence-electron chi connectivity index (χ0n) is 26.0. The number of aromatic nitrogens is 5. The predicted octanol–water partition coefficient (Wildman–Crippen LogP) is 6.03. The van der Waals surface area contributed by atoms with Crippen molar-refractivity contribution in [3.05, 3.63) is 82.6 Å². The lowest BCUT2D eigenvalue weighted by Crippen LogP contribution is -2.27. The first-order chi connectivity index (χ1) is 22.7. The molecule has 3 heterocycles. The smallest absolute Gasteiger partial charge is 0.489 e. The molecule has 1 unspecified atom stereocenters. The first-order valence-corrected chi connectivity index (χ1v) is 14.7. The maximum atomic E-state index is 13.8. The Kier molecular flexibility index (Phi) is 9.52. The summed E-state index contributed by atoms with van der Waals surface area (Å²) in [5, 5.41) is 5.49. The zero-order valence-corrected chi connectivity index (χ0v) is 26.7. The molecule has 0 bridgehead atoms. The number of carbonyl (C=O) groups excluding carboxylic acids is 2. The number of alkyl halides is 3. The van der Waals surface area contributed by atoms with Gasteiger partial charge in [-0.1, -0.05) is 17.7 Å². The second-order valence-electron chi connectivity index (χ2n) is 10.8. The van der Waals surface area contributed by atoms with Crippen molar-refractivity contribution in [3.63, 3.8) is 0 Å². The minimum Gasteiger partial charge on any atom is -0.489 e. The Bertz CT molecular complexity index is 2000. The Balaban J connectivity index is 1.66. The van der Waals surface area contributed by atoms with Crippen LogP contribution >= 0.6 is 11.6 Å². The number of esters is 1. The summed E-state index contributed by atoms with van der Waals surface area (Å²) < 4.78 is 64.1. The van der Waals surface area contributed by atoms with Gasteiger partial charge in [-0.15, -0.1) is 0 Å². The summed E-state index contributed by atoms with van der Waals surface area (Å²) in [5.74, 6) is -2.83. The summed E-state index contributed by atoms with van der Waals surface area (Å²) in [6.45, 7) is 2.30. The van der Waals surface area contributed by atoms with Gasteiger partial charge in [0, 0.05) is 47.6 Å². The van der Waals surface area contributed by atoms with Crippen LogP contribution in [0.4, 0.5) is 23.4 Å². The van der Waals surface area contributed by atoms with Gasteiger partial charge in [0.25, 0.3) is 5.91 Å². The van der Waals surface area contributed by atoms with Crippen molar-refractivity contribution in [2.24, 2.45) is 0 Å². The van der Waals surface area contributed by atoms with Crippen LogP contribution in [0.15, 0.2) is 55.0 Å². The molecule has 1 amide bonds. The van der Waals surface area contributed by atoms with Gasteiger partial charge >= 0.3 is 12.1 Å². The lowest BCUT2D eigenvalue weighted by atomic mass is 9.94. The fourth-order valence-corrected chi connectivity index (χ4v) is 5.23. The standard InChI is InChI=1S/C32H28ClF4N7O4/c1-16-22(33)13-21(17(2)44-29-25(28(38)40-15-41-29)26(42-44)18-5-8-20(34)9-6-18)27(47-11-12-48-31(46)32(35,36)37)24(16)19-7-10-23(39-14-19)30(45)43(3)4/h5-10,13-15,17H,11-12H2,1-4H3,(H2,38,40,41). The van der Waals surface area contributed by atoms with Crippen LogP contribution < -0.4 is 10.5 Å². The third-order valence-electron chi connectivity index (χ3n) is 7.43. The van der Waals surface area contributed by atoms with E-state index in [1.165, 1.54) is 47.8 Å². The van der Waals surface area contributed by atoms with Crippen LogP contribution in [0.5, 0.6) is 5.75 Å². The molecule has 0 fully saturated rings. The summed E-state index contributed by atoms with van der Waals surface area (Å²) in [4.78, 5) is 38.0. The zero-order chi connectivity index (χ0) is 34.9. The van der Waals surface area contributed by atoms with E-state index in [0.29, 0.717) is 49.6 Å². The van der Waals surface area contributed by atoms with E-state index in [4.69, 9.17) is 27.2 Å². The average molecular weight is 686 g/mol. The van der Waals surface area contributed by atoms with Crippen LogP contribution in [0, 0.1) is 12.7 Å². The summed E-state index contributed by atoms with van der Waals surface area (Å²) >= 11 is 6.77. The number of hydrogen-bond acceptors (Lipinski definition) is 9. The second kappa shape index (κ2) is 13.4. The molecule has 0 radical (unpaired) electrons. The number of nitrogen functional groups attached to an aromatic ring is 1. The van der Waals surface area contributed by atoms with Crippen molar-refractivity contribution in [3.8, 4) is 28.1 Å². The molecule has 0 saturated heterocycles. The number of carbonyl (C=O) groups is 2. The van der Waals surface area contributed by atoms with Gasteiger partial charge in [-0.05, 0) is 55.8 Å². The van der Waals surface area contributed by atoms with E-state index in [9.17, 15) is 27.2 Å². The van der Waals surface area contributed by atoms with Gasteiger partial charge in [-0.25, -0.2) is 23.8 Å².